The van der Waals surface area contributed by atoms with Crippen LogP contribution in [0.4, 0.5) is 0 Å². The molecule has 0 radical (unpaired) electrons. The predicted molar refractivity (Wildman–Crippen MR) is 57.5 cm³/mol. The van der Waals surface area contributed by atoms with Crippen molar-refractivity contribution in [2.24, 2.45) is 0 Å². The Labute approximate surface area is 118 Å². The molecule has 7 heteroatoms. The zero-order valence-corrected chi connectivity index (χ0v) is 12.3. The van der Waals surface area contributed by atoms with E-state index < -0.39 is 0 Å². The second kappa shape index (κ2) is 4.39. The molecule has 0 aromatic carbocycles. The van der Waals surface area contributed by atoms with Gasteiger partial charge in [0.1, 0.15) is 4.83 Å². The number of nitrogens with two attached hydrogens (primary N) is 1. The van der Waals surface area contributed by atoms with Crippen LogP contribution in [0.3, 0.4) is 0 Å². The summed E-state index contributed by atoms with van der Waals surface area (Å²) in [5.74, 6) is 5.21. The standard InChI is InChI=1S/C8H9N3OS2.Na/c1-3-4(2)14-6-5(3)7(12)11(9)8(13)10-6;/h12H,9H2,1-2H3;/q;+1/p-1. The van der Waals surface area contributed by atoms with Crippen molar-refractivity contribution >= 4 is 33.8 Å². The van der Waals surface area contributed by atoms with Gasteiger partial charge in [0, 0.05) is 10.3 Å². The summed E-state index contributed by atoms with van der Waals surface area (Å²) < 4.78 is 1.04. The number of hydrogen-bond donors (Lipinski definition) is 1. The minimum Gasteiger partial charge on any atom is -0.858 e. The topological polar surface area (TPSA) is 66.9 Å². The third kappa shape index (κ3) is 1.92. The Hall–Kier alpha value is -0.140. The van der Waals surface area contributed by atoms with Gasteiger partial charge in [-0.1, -0.05) is 0 Å². The molecule has 0 saturated heterocycles. The number of thiophene rings is 1. The van der Waals surface area contributed by atoms with Crippen molar-refractivity contribution in [1.29, 1.82) is 0 Å². The van der Waals surface area contributed by atoms with Gasteiger partial charge in [-0.25, -0.2) is 9.66 Å². The first-order chi connectivity index (χ1) is 6.52. The zero-order valence-electron chi connectivity index (χ0n) is 8.70. The fraction of sp³-hybridized carbons (Fsp3) is 0.250. The number of nitrogens with zero attached hydrogens (tertiary/aromatic N) is 2. The van der Waals surface area contributed by atoms with Crippen LogP contribution in [-0.4, -0.2) is 9.66 Å². The van der Waals surface area contributed by atoms with Crippen LogP contribution in [0.15, 0.2) is 0 Å². The Morgan fingerprint density at radius 3 is 2.67 bits per heavy atom. The molecule has 0 amide bonds. The van der Waals surface area contributed by atoms with E-state index in [4.69, 9.17) is 18.1 Å². The van der Waals surface area contributed by atoms with E-state index in [1.807, 2.05) is 13.8 Å². The third-order valence-electron chi connectivity index (χ3n) is 2.20. The van der Waals surface area contributed by atoms with Gasteiger partial charge in [0.25, 0.3) is 0 Å². The molecule has 15 heavy (non-hydrogen) atoms. The maximum absolute atomic E-state index is 11.7. The molecule has 2 N–H and O–H groups in total. The van der Waals surface area contributed by atoms with E-state index in [0.717, 1.165) is 15.1 Å². The van der Waals surface area contributed by atoms with Gasteiger partial charge in [-0.15, -0.1) is 11.3 Å². The molecule has 0 aliphatic heterocycles. The van der Waals surface area contributed by atoms with Gasteiger partial charge in [-0.2, -0.15) is 0 Å². The van der Waals surface area contributed by atoms with E-state index in [-0.39, 0.29) is 40.2 Å². The summed E-state index contributed by atoms with van der Waals surface area (Å²) in [6.07, 6.45) is 0. The zero-order chi connectivity index (χ0) is 10.5. The van der Waals surface area contributed by atoms with Crippen LogP contribution in [-0.2, 0) is 0 Å². The molecule has 74 valence electrons. The van der Waals surface area contributed by atoms with Crippen molar-refractivity contribution in [1.82, 2.24) is 9.66 Å². The number of aromatic nitrogens is 2. The minimum absolute atomic E-state index is 0. The summed E-state index contributed by atoms with van der Waals surface area (Å²) in [5, 5.41) is 12.3. The molecule has 0 spiro atoms. The molecule has 2 heterocycles. The summed E-state index contributed by atoms with van der Waals surface area (Å²) in [7, 11) is 0. The average molecular weight is 249 g/mol. The maximum atomic E-state index is 11.7. The molecule has 0 saturated carbocycles. The van der Waals surface area contributed by atoms with Crippen LogP contribution in [0.2, 0.25) is 0 Å². The van der Waals surface area contributed by atoms with Crippen LogP contribution in [0.25, 0.3) is 10.2 Å². The van der Waals surface area contributed by atoms with Crippen molar-refractivity contribution in [2.75, 3.05) is 5.84 Å². The van der Waals surface area contributed by atoms with E-state index in [0.29, 0.717) is 10.2 Å². The Balaban J connectivity index is 0.00000112. The monoisotopic (exact) mass is 249 g/mol. The van der Waals surface area contributed by atoms with Gasteiger partial charge in [-0.05, 0) is 37.5 Å². The Bertz CT molecular complexity index is 575. The van der Waals surface area contributed by atoms with Crippen LogP contribution in [0.5, 0.6) is 5.88 Å². The largest absolute Gasteiger partial charge is 1.00 e. The number of fused-ring (bicyclic) bond motifs is 1. The summed E-state index contributed by atoms with van der Waals surface area (Å²) in [4.78, 5) is 5.84. The summed E-state index contributed by atoms with van der Waals surface area (Å²) in [5.41, 5.74) is 0.941. The SMILES string of the molecule is Cc1sc2nc(=S)n(N)c([O-])c2c1C.[Na+]. The molecule has 0 bridgehead atoms. The van der Waals surface area contributed by atoms with Crippen LogP contribution < -0.4 is 40.5 Å². The number of hydrogen-bond acceptors (Lipinski definition) is 5. The normalized spacial score (nSPS) is 10.3. The quantitative estimate of drug-likeness (QED) is 0.341. The number of aryl methyl sites for hydroxylation is 2. The van der Waals surface area contributed by atoms with Gasteiger partial charge < -0.3 is 10.9 Å². The summed E-state index contributed by atoms with van der Waals surface area (Å²) in [6, 6.07) is 0. The summed E-state index contributed by atoms with van der Waals surface area (Å²) in [6.45, 7) is 3.84. The van der Waals surface area contributed by atoms with Crippen molar-refractivity contribution in [3.63, 3.8) is 0 Å². The van der Waals surface area contributed by atoms with Crippen molar-refractivity contribution in [2.45, 2.75) is 13.8 Å². The second-order valence-corrected chi connectivity index (χ2v) is 4.60. The van der Waals surface area contributed by atoms with E-state index in [9.17, 15) is 5.11 Å². The van der Waals surface area contributed by atoms with Crippen LogP contribution in [0, 0.1) is 18.6 Å². The molecule has 0 aliphatic rings. The molecule has 2 aromatic rings. The first kappa shape index (κ1) is 12.9. The third-order valence-corrected chi connectivity index (χ3v) is 3.59. The molecule has 0 atom stereocenters. The molecule has 2 aromatic heterocycles. The number of nitrogen functional groups attached to an aromatic ring is 1. The van der Waals surface area contributed by atoms with Crippen LogP contribution in [0.1, 0.15) is 10.4 Å². The minimum atomic E-state index is -0.262. The van der Waals surface area contributed by atoms with Gasteiger partial charge >= 0.3 is 29.6 Å². The van der Waals surface area contributed by atoms with Crippen molar-refractivity contribution in [3.8, 4) is 5.88 Å². The second-order valence-electron chi connectivity index (χ2n) is 3.03. The first-order valence-electron chi connectivity index (χ1n) is 3.97. The molecular formula is C8H8N3NaOS2. The fourth-order valence-corrected chi connectivity index (χ4v) is 2.54. The van der Waals surface area contributed by atoms with Crippen molar-refractivity contribution in [3.05, 3.63) is 15.2 Å². The van der Waals surface area contributed by atoms with Gasteiger partial charge in [-0.3, -0.25) is 0 Å². The van der Waals surface area contributed by atoms with Gasteiger partial charge in [0.05, 0.1) is 0 Å². The number of rotatable bonds is 0. The molecule has 0 unspecified atom stereocenters. The molecular weight excluding hydrogens is 241 g/mol. The Kier molecular flexibility index (Phi) is 3.78. The Morgan fingerprint density at radius 1 is 1.47 bits per heavy atom. The van der Waals surface area contributed by atoms with E-state index in [1.165, 1.54) is 11.3 Å². The van der Waals surface area contributed by atoms with E-state index in [2.05, 4.69) is 4.98 Å². The molecule has 4 nitrogen and oxygen atoms in total. The maximum Gasteiger partial charge on any atom is 1.00 e. The van der Waals surface area contributed by atoms with Crippen LogP contribution >= 0.6 is 23.6 Å². The van der Waals surface area contributed by atoms with Gasteiger partial charge in [0.2, 0.25) is 4.77 Å². The van der Waals surface area contributed by atoms with Gasteiger partial charge in [0.15, 0.2) is 0 Å². The predicted octanol–water partition coefficient (Wildman–Crippen LogP) is -1.76. The molecule has 2 rings (SSSR count). The fourth-order valence-electron chi connectivity index (χ4n) is 1.29. The smallest absolute Gasteiger partial charge is 0.858 e. The van der Waals surface area contributed by atoms with E-state index in [1.54, 1.807) is 0 Å². The first-order valence-corrected chi connectivity index (χ1v) is 5.19. The average Bonchev–Trinajstić information content (AvgIpc) is 2.39. The summed E-state index contributed by atoms with van der Waals surface area (Å²) >= 11 is 6.32. The van der Waals surface area contributed by atoms with E-state index >= 15 is 0 Å². The van der Waals surface area contributed by atoms with Crippen molar-refractivity contribution < 1.29 is 34.7 Å². The molecule has 0 fully saturated rings. The Morgan fingerprint density at radius 2 is 2.07 bits per heavy atom. The molecule has 0 aliphatic carbocycles.